The van der Waals surface area contributed by atoms with E-state index in [2.05, 4.69) is 10.3 Å². The zero-order valence-electron chi connectivity index (χ0n) is 14.5. The lowest BCUT2D eigenvalue weighted by Crippen LogP contribution is -2.23. The summed E-state index contributed by atoms with van der Waals surface area (Å²) in [6, 6.07) is 2.81. The number of ether oxygens (including phenoxy) is 2. The van der Waals surface area contributed by atoms with Crippen LogP contribution in [0.1, 0.15) is 36.9 Å². The second-order valence-electron chi connectivity index (χ2n) is 6.16. The van der Waals surface area contributed by atoms with Crippen LogP contribution in [0.25, 0.3) is 0 Å². The van der Waals surface area contributed by atoms with Gasteiger partial charge in [0.05, 0.1) is 27.5 Å². The number of aryl methyl sites for hydroxylation is 1. The van der Waals surface area contributed by atoms with Gasteiger partial charge in [-0.2, -0.15) is 5.10 Å². The van der Waals surface area contributed by atoms with Gasteiger partial charge >= 0.3 is 5.97 Å². The molecule has 10 heteroatoms. The Bertz CT molecular complexity index is 908. The summed E-state index contributed by atoms with van der Waals surface area (Å²) >= 11 is 12.3. The Kier molecular flexibility index (Phi) is 5.48. The normalized spacial score (nSPS) is 15.1. The van der Waals surface area contributed by atoms with Gasteiger partial charge in [-0.1, -0.05) is 28.4 Å². The van der Waals surface area contributed by atoms with Crippen LogP contribution >= 0.6 is 23.2 Å². The molecule has 27 heavy (non-hydrogen) atoms. The van der Waals surface area contributed by atoms with Crippen LogP contribution in [-0.2, 0) is 11.8 Å². The maximum absolute atomic E-state index is 11.0. The van der Waals surface area contributed by atoms with E-state index in [9.17, 15) is 4.79 Å². The van der Waals surface area contributed by atoms with E-state index in [1.54, 1.807) is 7.05 Å². The quantitative estimate of drug-likeness (QED) is 0.402. The number of carboxylic acid groups (broad SMARTS) is 1. The summed E-state index contributed by atoms with van der Waals surface area (Å²) in [6.45, 7) is 1.38. The predicted octanol–water partition coefficient (Wildman–Crippen LogP) is 4.06. The van der Waals surface area contributed by atoms with Crippen LogP contribution in [0.3, 0.4) is 0 Å². The van der Waals surface area contributed by atoms with Crippen LogP contribution in [0.4, 0.5) is 0 Å². The molecule has 1 saturated carbocycles. The van der Waals surface area contributed by atoms with Gasteiger partial charge in [-0.05, 0) is 25.8 Å². The third-order valence-corrected chi connectivity index (χ3v) is 4.64. The number of carboxylic acids is 1. The summed E-state index contributed by atoms with van der Waals surface area (Å²) in [6.07, 6.45) is 2.18. The first-order chi connectivity index (χ1) is 12.8. The molecule has 0 aliphatic heterocycles. The van der Waals surface area contributed by atoms with Gasteiger partial charge in [0.15, 0.2) is 11.9 Å². The van der Waals surface area contributed by atoms with Crippen molar-refractivity contribution in [3.8, 4) is 17.4 Å². The van der Waals surface area contributed by atoms with Crippen molar-refractivity contribution in [1.82, 2.24) is 9.78 Å². The lowest BCUT2D eigenvalue weighted by atomic mass is 10.2. The fourth-order valence-electron chi connectivity index (χ4n) is 2.53. The van der Waals surface area contributed by atoms with Crippen molar-refractivity contribution < 1.29 is 24.6 Å². The number of rotatable bonds is 7. The minimum atomic E-state index is -1.13. The molecule has 1 aromatic carbocycles. The van der Waals surface area contributed by atoms with Gasteiger partial charge in [-0.3, -0.25) is 0 Å². The lowest BCUT2D eigenvalue weighted by molar-refractivity contribution is -0.144. The number of halogens is 2. The van der Waals surface area contributed by atoms with Crippen molar-refractivity contribution in [3.63, 3.8) is 0 Å². The van der Waals surface area contributed by atoms with Crippen molar-refractivity contribution in [2.45, 2.75) is 31.8 Å². The molecule has 1 heterocycles. The number of nitrogens with zero attached hydrogens (tertiary/aromatic N) is 3. The lowest BCUT2D eigenvalue weighted by Gasteiger charge is -2.15. The fraction of sp³-hybridized carbons (Fsp3) is 0.353. The van der Waals surface area contributed by atoms with Gasteiger partial charge in [-0.15, -0.1) is 0 Å². The van der Waals surface area contributed by atoms with E-state index in [0.29, 0.717) is 17.4 Å². The number of hydrogen-bond acceptors (Lipinski definition) is 6. The van der Waals surface area contributed by atoms with Crippen LogP contribution < -0.4 is 9.47 Å². The van der Waals surface area contributed by atoms with E-state index in [1.807, 2.05) is 0 Å². The Balaban J connectivity index is 1.97. The number of oxime groups is 1. The molecule has 0 bridgehead atoms. The third-order valence-electron chi connectivity index (χ3n) is 4.05. The van der Waals surface area contributed by atoms with E-state index in [-0.39, 0.29) is 21.5 Å². The molecule has 0 amide bonds. The van der Waals surface area contributed by atoms with E-state index in [1.165, 1.54) is 30.0 Å². The zero-order chi connectivity index (χ0) is 19.7. The minimum Gasteiger partial charge on any atom is -0.479 e. The number of benzene rings is 1. The summed E-state index contributed by atoms with van der Waals surface area (Å²) in [7, 11) is 1.70. The van der Waals surface area contributed by atoms with Crippen LogP contribution in [0.5, 0.6) is 17.4 Å². The van der Waals surface area contributed by atoms with Gasteiger partial charge in [0.25, 0.3) is 0 Å². The van der Waals surface area contributed by atoms with Gasteiger partial charge in [0.1, 0.15) is 5.75 Å². The van der Waals surface area contributed by atoms with Crippen molar-refractivity contribution in [2.24, 2.45) is 12.2 Å². The minimum absolute atomic E-state index is 0.118. The van der Waals surface area contributed by atoms with Gasteiger partial charge < -0.3 is 19.8 Å². The zero-order valence-corrected chi connectivity index (χ0v) is 16.0. The molecule has 2 aromatic rings. The first kappa shape index (κ1) is 19.3. The summed E-state index contributed by atoms with van der Waals surface area (Å²) in [4.78, 5) is 11.0. The average Bonchev–Trinajstić information content (AvgIpc) is 3.40. The molecule has 3 rings (SSSR count). The van der Waals surface area contributed by atoms with Gasteiger partial charge in [0, 0.05) is 19.0 Å². The number of carbonyl (C=O) groups is 1. The highest BCUT2D eigenvalue weighted by molar-refractivity contribution is 6.36. The molecule has 0 spiro atoms. The maximum atomic E-state index is 11.0. The van der Waals surface area contributed by atoms with Crippen LogP contribution in [-0.4, -0.2) is 38.4 Å². The summed E-state index contributed by atoms with van der Waals surface area (Å²) in [5.74, 6) is -0.182. The van der Waals surface area contributed by atoms with Gasteiger partial charge in [-0.25, -0.2) is 9.48 Å². The largest absolute Gasteiger partial charge is 0.479 e. The number of aromatic nitrogens is 2. The predicted molar refractivity (Wildman–Crippen MR) is 98.8 cm³/mol. The van der Waals surface area contributed by atoms with Crippen LogP contribution in [0.15, 0.2) is 17.3 Å². The fourth-order valence-corrected chi connectivity index (χ4v) is 2.99. The first-order valence-corrected chi connectivity index (χ1v) is 8.88. The summed E-state index contributed by atoms with van der Waals surface area (Å²) in [5.41, 5.74) is 1.33. The van der Waals surface area contributed by atoms with E-state index in [4.69, 9.17) is 43.0 Å². The van der Waals surface area contributed by atoms with E-state index < -0.39 is 12.1 Å². The van der Waals surface area contributed by atoms with Crippen molar-refractivity contribution in [2.75, 3.05) is 0 Å². The molecule has 1 atom stereocenters. The third kappa shape index (κ3) is 4.12. The molecule has 1 aliphatic rings. The van der Waals surface area contributed by atoms with E-state index >= 15 is 0 Å². The van der Waals surface area contributed by atoms with Crippen molar-refractivity contribution in [3.05, 3.63) is 33.4 Å². The molecule has 1 aliphatic carbocycles. The average molecular weight is 414 g/mol. The summed E-state index contributed by atoms with van der Waals surface area (Å²) in [5, 5.41) is 25.9. The van der Waals surface area contributed by atoms with Crippen LogP contribution in [0.2, 0.25) is 10.0 Å². The molecule has 2 N–H and O–H groups in total. The van der Waals surface area contributed by atoms with E-state index in [0.717, 1.165) is 18.5 Å². The SMILES string of the molecule is C[C@H](Oc1cc(Oc2c(/C=N/O)c(C3CC3)nn2C)c(Cl)cc1Cl)C(=O)O. The Morgan fingerprint density at radius 1 is 1.37 bits per heavy atom. The van der Waals surface area contributed by atoms with Crippen LogP contribution in [0, 0.1) is 0 Å². The molecule has 144 valence electrons. The molecular formula is C17H17Cl2N3O5. The molecule has 0 saturated heterocycles. The highest BCUT2D eigenvalue weighted by atomic mass is 35.5. The second-order valence-corrected chi connectivity index (χ2v) is 6.97. The Morgan fingerprint density at radius 2 is 2.04 bits per heavy atom. The Morgan fingerprint density at radius 3 is 2.63 bits per heavy atom. The molecule has 0 unspecified atom stereocenters. The second kappa shape index (κ2) is 7.66. The molecule has 0 radical (unpaired) electrons. The summed E-state index contributed by atoms with van der Waals surface area (Å²) < 4.78 is 12.8. The topological polar surface area (TPSA) is 106 Å². The first-order valence-electron chi connectivity index (χ1n) is 8.12. The highest BCUT2D eigenvalue weighted by Crippen LogP contribution is 2.44. The monoisotopic (exact) mass is 413 g/mol. The van der Waals surface area contributed by atoms with Gasteiger partial charge in [0.2, 0.25) is 5.88 Å². The van der Waals surface area contributed by atoms with Crippen molar-refractivity contribution >= 4 is 35.4 Å². The standard InChI is InChI=1S/C17H17Cl2N3O5/c1-8(17(23)24)26-13-6-14(12(19)5-11(13)18)27-16-10(7-20-25)15(9-3-4-9)21-22(16)2/h5-9,25H,3-4H2,1-2H3,(H,23,24)/b20-7+/t8-/m0/s1. The molecular weight excluding hydrogens is 397 g/mol. The Hall–Kier alpha value is -2.45. The molecule has 8 nitrogen and oxygen atoms in total. The highest BCUT2D eigenvalue weighted by Gasteiger charge is 2.32. The molecule has 1 fully saturated rings. The maximum Gasteiger partial charge on any atom is 0.344 e. The number of aliphatic carboxylic acids is 1. The van der Waals surface area contributed by atoms with Crippen molar-refractivity contribution in [1.29, 1.82) is 0 Å². The number of hydrogen-bond donors (Lipinski definition) is 2. The Labute approximate surface area is 164 Å². The smallest absolute Gasteiger partial charge is 0.344 e. The molecule has 1 aromatic heterocycles.